The highest BCUT2D eigenvalue weighted by atomic mass is 19.1. The number of hydrogen-bond acceptors (Lipinski definition) is 7. The van der Waals surface area contributed by atoms with Crippen molar-refractivity contribution in [1.82, 2.24) is 0 Å². The molecule has 1 aromatic heterocycles. The fraction of sp³-hybridized carbons (Fsp3) is 0.154. The van der Waals surface area contributed by atoms with Crippen LogP contribution in [0.2, 0.25) is 0 Å². The quantitative estimate of drug-likeness (QED) is 0.442. The molecule has 2 aliphatic rings. The molecule has 0 aliphatic carbocycles. The van der Waals surface area contributed by atoms with Gasteiger partial charge in [0.2, 0.25) is 12.5 Å². The van der Waals surface area contributed by atoms with Crippen molar-refractivity contribution in [1.29, 1.82) is 0 Å². The number of carbonyl (C=O) groups is 1. The van der Waals surface area contributed by atoms with Crippen LogP contribution in [0.3, 0.4) is 0 Å². The van der Waals surface area contributed by atoms with Gasteiger partial charge in [0.1, 0.15) is 17.1 Å². The number of amides is 1. The summed E-state index contributed by atoms with van der Waals surface area (Å²) in [5.41, 5.74) is 0.876. The Hall–Kier alpha value is -4.53. The van der Waals surface area contributed by atoms with Crippen LogP contribution in [-0.4, -0.2) is 25.9 Å². The highest BCUT2D eigenvalue weighted by Crippen LogP contribution is 2.49. The topological polar surface area (TPSA) is 96.2 Å². The molecule has 8 nitrogen and oxygen atoms in total. The summed E-state index contributed by atoms with van der Waals surface area (Å²) >= 11 is 0. The number of carbonyl (C=O) groups excluding carboxylic acids is 1. The van der Waals surface area contributed by atoms with Gasteiger partial charge in [0.05, 0.1) is 24.0 Å². The van der Waals surface area contributed by atoms with Crippen molar-refractivity contribution in [3.05, 3.63) is 88.0 Å². The maximum Gasteiger partial charge on any atom is 0.344 e. The molecule has 0 fully saturated rings. The number of hydrogen-bond donors (Lipinski definition) is 1. The van der Waals surface area contributed by atoms with E-state index in [0.29, 0.717) is 39.5 Å². The van der Waals surface area contributed by atoms with Gasteiger partial charge in [-0.2, -0.15) is 0 Å². The Labute approximate surface area is 197 Å². The summed E-state index contributed by atoms with van der Waals surface area (Å²) in [6.45, 7) is 0.0220. The lowest BCUT2D eigenvalue weighted by Crippen LogP contribution is -2.35. The van der Waals surface area contributed by atoms with Gasteiger partial charge in [-0.05, 0) is 54.1 Å². The molecule has 0 spiro atoms. The SMILES string of the molecule is COc1cc([C@@H]2c3c(c4ccccc4oc3=O)O[C@H]2C(=O)Nc2ccc(F)cc2)cc2c1OCO2. The minimum Gasteiger partial charge on any atom is -0.493 e. The number of anilines is 1. The van der Waals surface area contributed by atoms with Crippen molar-refractivity contribution >= 4 is 22.6 Å². The van der Waals surface area contributed by atoms with E-state index in [0.717, 1.165) is 0 Å². The number of rotatable bonds is 4. The summed E-state index contributed by atoms with van der Waals surface area (Å²) in [6.07, 6.45) is -1.13. The number of ether oxygens (including phenoxy) is 4. The van der Waals surface area contributed by atoms with Gasteiger partial charge in [-0.1, -0.05) is 12.1 Å². The number of halogens is 1. The molecule has 0 saturated heterocycles. The lowest BCUT2D eigenvalue weighted by Gasteiger charge is -2.20. The Morgan fingerprint density at radius 3 is 2.66 bits per heavy atom. The fourth-order valence-corrected chi connectivity index (χ4v) is 4.50. The van der Waals surface area contributed by atoms with E-state index in [2.05, 4.69) is 5.32 Å². The second-order valence-corrected chi connectivity index (χ2v) is 8.10. The van der Waals surface area contributed by atoms with Crippen molar-refractivity contribution in [2.45, 2.75) is 12.0 Å². The minimum absolute atomic E-state index is 0.0220. The monoisotopic (exact) mass is 475 g/mol. The number of methoxy groups -OCH3 is 1. The molecule has 3 heterocycles. The van der Waals surface area contributed by atoms with Crippen LogP contribution in [0.5, 0.6) is 23.0 Å². The summed E-state index contributed by atoms with van der Waals surface area (Å²) in [5, 5.41) is 3.31. The first kappa shape index (κ1) is 21.0. The van der Waals surface area contributed by atoms with E-state index in [1.807, 2.05) is 0 Å². The molecule has 1 N–H and O–H groups in total. The molecule has 0 radical (unpaired) electrons. The van der Waals surface area contributed by atoms with E-state index >= 15 is 0 Å². The normalized spacial score (nSPS) is 17.7. The second-order valence-electron chi connectivity index (χ2n) is 8.10. The van der Waals surface area contributed by atoms with Crippen LogP contribution in [0.4, 0.5) is 10.1 Å². The summed E-state index contributed by atoms with van der Waals surface area (Å²) in [7, 11) is 1.49. The Morgan fingerprint density at radius 1 is 1.06 bits per heavy atom. The van der Waals surface area contributed by atoms with Gasteiger partial charge in [0.15, 0.2) is 17.6 Å². The van der Waals surface area contributed by atoms with Gasteiger partial charge in [-0.15, -0.1) is 0 Å². The van der Waals surface area contributed by atoms with Crippen LogP contribution in [0.1, 0.15) is 17.0 Å². The molecule has 35 heavy (non-hydrogen) atoms. The van der Waals surface area contributed by atoms with Crippen LogP contribution >= 0.6 is 0 Å². The minimum atomic E-state index is -1.13. The maximum atomic E-state index is 13.4. The molecule has 0 saturated carbocycles. The van der Waals surface area contributed by atoms with Gasteiger partial charge < -0.3 is 28.7 Å². The fourth-order valence-electron chi connectivity index (χ4n) is 4.50. The van der Waals surface area contributed by atoms with Crippen molar-refractivity contribution in [3.63, 3.8) is 0 Å². The molecule has 3 aromatic carbocycles. The molecule has 6 rings (SSSR count). The lowest BCUT2D eigenvalue weighted by atomic mass is 9.87. The van der Waals surface area contributed by atoms with E-state index in [-0.39, 0.29) is 18.1 Å². The average molecular weight is 475 g/mol. The standard InChI is InChI=1S/C26H18FNO7/c1-31-18-10-13(11-19-23(18)33-12-32-19)20-21-22(16-4-2-3-5-17(16)34-26(21)30)35-24(20)25(29)28-15-8-6-14(27)7-9-15/h2-11,20,24H,12H2,1H3,(H,28,29)/t20-,24-/m1/s1. The summed E-state index contributed by atoms with van der Waals surface area (Å²) in [4.78, 5) is 26.6. The van der Waals surface area contributed by atoms with E-state index in [4.69, 9.17) is 23.4 Å². The van der Waals surface area contributed by atoms with E-state index in [9.17, 15) is 14.0 Å². The van der Waals surface area contributed by atoms with Crippen molar-refractivity contribution in [3.8, 4) is 23.0 Å². The number of para-hydroxylation sites is 1. The Kier molecular flexibility index (Phi) is 4.84. The Bertz CT molecular complexity index is 1530. The molecule has 9 heteroatoms. The Balaban J connectivity index is 1.51. The second kappa shape index (κ2) is 8.05. The molecule has 2 aliphatic heterocycles. The van der Waals surface area contributed by atoms with Crippen molar-refractivity contribution in [2.75, 3.05) is 19.2 Å². The largest absolute Gasteiger partial charge is 0.493 e. The van der Waals surface area contributed by atoms with Gasteiger partial charge in [-0.3, -0.25) is 4.79 Å². The van der Waals surface area contributed by atoms with E-state index < -0.39 is 29.4 Å². The molecular weight excluding hydrogens is 457 g/mol. The highest BCUT2D eigenvalue weighted by Gasteiger charge is 2.45. The molecular formula is C26H18FNO7. The van der Waals surface area contributed by atoms with Crippen molar-refractivity contribution in [2.24, 2.45) is 0 Å². The molecule has 0 unspecified atom stereocenters. The first-order chi connectivity index (χ1) is 17.0. The van der Waals surface area contributed by atoms with Crippen LogP contribution in [0.15, 0.2) is 69.9 Å². The molecule has 1 amide bonds. The predicted molar refractivity (Wildman–Crippen MR) is 123 cm³/mol. The van der Waals surface area contributed by atoms with Crippen LogP contribution in [0.25, 0.3) is 11.0 Å². The highest BCUT2D eigenvalue weighted by molar-refractivity contribution is 5.97. The maximum absolute atomic E-state index is 13.4. The van der Waals surface area contributed by atoms with E-state index in [1.165, 1.54) is 31.4 Å². The summed E-state index contributed by atoms with van der Waals surface area (Å²) in [5.74, 6) is -0.248. The molecule has 0 bridgehead atoms. The third-order valence-electron chi connectivity index (χ3n) is 6.07. The summed E-state index contributed by atoms with van der Waals surface area (Å²) in [6, 6.07) is 15.7. The zero-order valence-corrected chi connectivity index (χ0v) is 18.4. The number of benzene rings is 3. The number of fused-ring (bicyclic) bond motifs is 4. The zero-order chi connectivity index (χ0) is 24.1. The molecule has 4 aromatic rings. The lowest BCUT2D eigenvalue weighted by molar-refractivity contribution is -0.122. The first-order valence-electron chi connectivity index (χ1n) is 10.8. The van der Waals surface area contributed by atoms with Crippen LogP contribution in [0, 0.1) is 5.82 Å². The Morgan fingerprint density at radius 2 is 1.86 bits per heavy atom. The summed E-state index contributed by atoms with van der Waals surface area (Å²) < 4.78 is 41.6. The van der Waals surface area contributed by atoms with Gasteiger partial charge in [0, 0.05) is 5.69 Å². The third-order valence-corrected chi connectivity index (χ3v) is 6.07. The van der Waals surface area contributed by atoms with Crippen molar-refractivity contribution < 1.29 is 32.5 Å². The van der Waals surface area contributed by atoms with Crippen LogP contribution < -0.4 is 29.9 Å². The smallest absolute Gasteiger partial charge is 0.344 e. The van der Waals surface area contributed by atoms with Crippen LogP contribution in [-0.2, 0) is 4.79 Å². The number of nitrogens with one attached hydrogen (secondary N) is 1. The zero-order valence-electron chi connectivity index (χ0n) is 18.4. The third kappa shape index (κ3) is 3.43. The first-order valence-corrected chi connectivity index (χ1v) is 10.8. The van der Waals surface area contributed by atoms with Gasteiger partial charge in [-0.25, -0.2) is 9.18 Å². The predicted octanol–water partition coefficient (Wildman–Crippen LogP) is 4.20. The van der Waals surface area contributed by atoms with Gasteiger partial charge >= 0.3 is 5.63 Å². The molecule has 2 atom stereocenters. The van der Waals surface area contributed by atoms with E-state index in [1.54, 1.807) is 36.4 Å². The van der Waals surface area contributed by atoms with Gasteiger partial charge in [0.25, 0.3) is 5.91 Å². The average Bonchev–Trinajstić information content (AvgIpc) is 3.50. The molecule has 176 valence electrons.